The molecule has 0 bridgehead atoms. The molecule has 6 nitrogen and oxygen atoms in total. The van der Waals surface area contributed by atoms with E-state index in [4.69, 9.17) is 16.3 Å². The van der Waals surface area contributed by atoms with Crippen molar-refractivity contribution in [2.45, 2.75) is 19.4 Å². The summed E-state index contributed by atoms with van der Waals surface area (Å²) in [7, 11) is 4.02. The standard InChI is InChI=1S/C23H28ClN3O3/c1-26(2)12-3-13-27-15-18(14-22(27)28)23(29)25-20-8-10-21(11-9-20)30-16-17-4-6-19(24)7-5-17/h4-11,18H,3,12-16H2,1-2H3,(H,25,29). The monoisotopic (exact) mass is 429 g/mol. The fourth-order valence-corrected chi connectivity index (χ4v) is 3.49. The lowest BCUT2D eigenvalue weighted by Gasteiger charge is -2.18. The van der Waals surface area contributed by atoms with E-state index < -0.39 is 0 Å². The van der Waals surface area contributed by atoms with Crippen molar-refractivity contribution in [2.24, 2.45) is 5.92 Å². The molecule has 0 aliphatic carbocycles. The Hall–Kier alpha value is -2.57. The third-order valence-electron chi connectivity index (χ3n) is 5.06. The molecule has 30 heavy (non-hydrogen) atoms. The van der Waals surface area contributed by atoms with Crippen molar-refractivity contribution in [1.29, 1.82) is 0 Å². The molecule has 2 aromatic rings. The number of carbonyl (C=O) groups is 2. The van der Waals surface area contributed by atoms with Crippen molar-refractivity contribution in [3.05, 3.63) is 59.1 Å². The third-order valence-corrected chi connectivity index (χ3v) is 5.31. The highest BCUT2D eigenvalue weighted by Gasteiger charge is 2.33. The molecule has 0 radical (unpaired) electrons. The van der Waals surface area contributed by atoms with Gasteiger partial charge in [0.2, 0.25) is 11.8 Å². The molecule has 1 heterocycles. The SMILES string of the molecule is CN(C)CCCN1CC(C(=O)Nc2ccc(OCc3ccc(Cl)cc3)cc2)CC1=O. The van der Waals surface area contributed by atoms with Gasteiger partial charge in [-0.3, -0.25) is 9.59 Å². The zero-order valence-corrected chi connectivity index (χ0v) is 18.2. The Morgan fingerprint density at radius 2 is 1.87 bits per heavy atom. The van der Waals surface area contributed by atoms with Crippen LogP contribution in [0.4, 0.5) is 5.69 Å². The number of carbonyl (C=O) groups excluding carboxylic acids is 2. The molecule has 2 amide bonds. The quantitative estimate of drug-likeness (QED) is 0.660. The second-order valence-electron chi connectivity index (χ2n) is 7.83. The molecule has 1 atom stereocenters. The predicted octanol–water partition coefficient (Wildman–Crippen LogP) is 3.66. The van der Waals surface area contributed by atoms with Gasteiger partial charge < -0.3 is 19.9 Å². The number of halogens is 1. The number of nitrogens with zero attached hydrogens (tertiary/aromatic N) is 2. The van der Waals surface area contributed by atoms with Gasteiger partial charge in [-0.1, -0.05) is 23.7 Å². The zero-order valence-electron chi connectivity index (χ0n) is 17.4. The highest BCUT2D eigenvalue weighted by molar-refractivity contribution is 6.30. The Kier molecular flexibility index (Phi) is 7.71. The molecule has 1 aliphatic heterocycles. The van der Waals surface area contributed by atoms with Crippen LogP contribution in [0.5, 0.6) is 5.75 Å². The molecule has 7 heteroatoms. The normalized spacial score (nSPS) is 16.2. The minimum atomic E-state index is -0.308. The zero-order chi connectivity index (χ0) is 21.5. The molecule has 0 spiro atoms. The lowest BCUT2D eigenvalue weighted by atomic mass is 10.1. The van der Waals surface area contributed by atoms with Gasteiger partial charge in [0.1, 0.15) is 12.4 Å². The summed E-state index contributed by atoms with van der Waals surface area (Å²) in [5.74, 6) is 0.344. The number of likely N-dealkylation sites (tertiary alicyclic amines) is 1. The minimum Gasteiger partial charge on any atom is -0.489 e. The van der Waals surface area contributed by atoms with E-state index in [0.717, 1.165) is 18.5 Å². The van der Waals surface area contributed by atoms with Crippen LogP contribution in [0.15, 0.2) is 48.5 Å². The number of nitrogens with one attached hydrogen (secondary N) is 1. The van der Waals surface area contributed by atoms with Crippen molar-refractivity contribution in [3.8, 4) is 5.75 Å². The van der Waals surface area contributed by atoms with E-state index in [-0.39, 0.29) is 24.2 Å². The maximum atomic E-state index is 12.6. The van der Waals surface area contributed by atoms with Crippen LogP contribution in [0.3, 0.4) is 0 Å². The van der Waals surface area contributed by atoms with Crippen molar-refractivity contribution in [3.63, 3.8) is 0 Å². The van der Waals surface area contributed by atoms with Gasteiger partial charge in [-0.05, 0) is 69.0 Å². The Morgan fingerprint density at radius 3 is 2.53 bits per heavy atom. The van der Waals surface area contributed by atoms with Crippen molar-refractivity contribution >= 4 is 29.1 Å². The number of rotatable bonds is 9. The first-order valence-electron chi connectivity index (χ1n) is 10.1. The lowest BCUT2D eigenvalue weighted by molar-refractivity contribution is -0.128. The number of amides is 2. The lowest BCUT2D eigenvalue weighted by Crippen LogP contribution is -2.30. The molecule has 1 saturated heterocycles. The van der Waals surface area contributed by atoms with Crippen LogP contribution in [0.25, 0.3) is 0 Å². The first kappa shape index (κ1) is 22.1. The Bertz CT molecular complexity index is 853. The van der Waals surface area contributed by atoms with Gasteiger partial charge in [0.05, 0.1) is 5.92 Å². The van der Waals surface area contributed by atoms with Gasteiger partial charge >= 0.3 is 0 Å². The summed E-state index contributed by atoms with van der Waals surface area (Å²) < 4.78 is 5.76. The number of ether oxygens (including phenoxy) is 1. The van der Waals surface area contributed by atoms with Gasteiger partial charge in [-0.15, -0.1) is 0 Å². The van der Waals surface area contributed by atoms with E-state index in [2.05, 4.69) is 10.2 Å². The maximum absolute atomic E-state index is 12.6. The number of hydrogen-bond acceptors (Lipinski definition) is 4. The molecule has 2 aromatic carbocycles. The van der Waals surface area contributed by atoms with Crippen LogP contribution in [0.2, 0.25) is 5.02 Å². The summed E-state index contributed by atoms with van der Waals surface area (Å²) >= 11 is 5.89. The van der Waals surface area contributed by atoms with Crippen LogP contribution in [0.1, 0.15) is 18.4 Å². The Morgan fingerprint density at radius 1 is 1.17 bits per heavy atom. The molecular formula is C23H28ClN3O3. The smallest absolute Gasteiger partial charge is 0.229 e. The number of hydrogen-bond donors (Lipinski definition) is 1. The summed E-state index contributed by atoms with van der Waals surface area (Å²) in [5, 5.41) is 3.60. The predicted molar refractivity (Wildman–Crippen MR) is 119 cm³/mol. The second kappa shape index (κ2) is 10.5. The molecule has 160 valence electrons. The van der Waals surface area contributed by atoms with Crippen molar-refractivity contribution < 1.29 is 14.3 Å². The number of benzene rings is 2. The fourth-order valence-electron chi connectivity index (χ4n) is 3.37. The summed E-state index contributed by atoms with van der Waals surface area (Å²) in [5.41, 5.74) is 1.72. The topological polar surface area (TPSA) is 61.9 Å². The molecule has 1 aliphatic rings. The Balaban J connectivity index is 1.46. The summed E-state index contributed by atoms with van der Waals surface area (Å²) in [6.07, 6.45) is 1.18. The van der Waals surface area contributed by atoms with E-state index in [1.165, 1.54) is 0 Å². The van der Waals surface area contributed by atoms with Crippen LogP contribution in [-0.4, -0.2) is 55.3 Å². The van der Waals surface area contributed by atoms with Crippen LogP contribution in [0, 0.1) is 5.92 Å². The third kappa shape index (κ3) is 6.47. The first-order valence-corrected chi connectivity index (χ1v) is 10.5. The molecule has 1 unspecified atom stereocenters. The van der Waals surface area contributed by atoms with Gasteiger partial charge in [0.25, 0.3) is 0 Å². The van der Waals surface area contributed by atoms with E-state index in [9.17, 15) is 9.59 Å². The Labute approximate surface area is 182 Å². The van der Waals surface area contributed by atoms with Gasteiger partial charge in [0.15, 0.2) is 0 Å². The van der Waals surface area contributed by atoms with Crippen LogP contribution >= 0.6 is 11.6 Å². The van der Waals surface area contributed by atoms with E-state index in [1.54, 1.807) is 17.0 Å². The minimum absolute atomic E-state index is 0.0554. The van der Waals surface area contributed by atoms with Gasteiger partial charge in [-0.2, -0.15) is 0 Å². The maximum Gasteiger partial charge on any atom is 0.229 e. The highest BCUT2D eigenvalue weighted by atomic mass is 35.5. The summed E-state index contributed by atoms with van der Waals surface area (Å²) in [6.45, 7) is 2.55. The second-order valence-corrected chi connectivity index (χ2v) is 8.26. The van der Waals surface area contributed by atoms with E-state index in [0.29, 0.717) is 36.2 Å². The van der Waals surface area contributed by atoms with Crippen molar-refractivity contribution in [2.75, 3.05) is 39.0 Å². The number of anilines is 1. The van der Waals surface area contributed by atoms with Crippen molar-refractivity contribution in [1.82, 2.24) is 9.80 Å². The van der Waals surface area contributed by atoms with E-state index >= 15 is 0 Å². The average Bonchev–Trinajstić information content (AvgIpc) is 3.09. The largest absolute Gasteiger partial charge is 0.489 e. The first-order chi connectivity index (χ1) is 14.4. The fraction of sp³-hybridized carbons (Fsp3) is 0.391. The van der Waals surface area contributed by atoms with Crippen LogP contribution < -0.4 is 10.1 Å². The molecule has 0 aromatic heterocycles. The van der Waals surface area contributed by atoms with Gasteiger partial charge in [-0.25, -0.2) is 0 Å². The molecular weight excluding hydrogens is 402 g/mol. The molecule has 1 N–H and O–H groups in total. The molecule has 1 fully saturated rings. The highest BCUT2D eigenvalue weighted by Crippen LogP contribution is 2.22. The molecule has 3 rings (SSSR count). The summed E-state index contributed by atoms with van der Waals surface area (Å²) in [6, 6.07) is 14.7. The van der Waals surface area contributed by atoms with Crippen LogP contribution in [-0.2, 0) is 16.2 Å². The van der Waals surface area contributed by atoms with Gasteiger partial charge in [0, 0.05) is 30.2 Å². The summed E-state index contributed by atoms with van der Waals surface area (Å²) in [4.78, 5) is 28.6. The van der Waals surface area contributed by atoms with E-state index in [1.807, 2.05) is 50.5 Å². The average molecular weight is 430 g/mol. The molecule has 0 saturated carbocycles.